The standard InChI is InChI=1S/C16H21Cl2N3/c1-20-9-3-2-4-13(20)11-21-15-6-5-12(18)10-14(15)19-16(21)7-8-17/h5-6,10,13H,2-4,7-9,11H2,1H3. The molecule has 2 heterocycles. The van der Waals surface area contributed by atoms with E-state index in [0.717, 1.165) is 29.3 Å². The van der Waals surface area contributed by atoms with Crippen LogP contribution in [0.25, 0.3) is 11.0 Å². The summed E-state index contributed by atoms with van der Waals surface area (Å²) in [6, 6.07) is 6.54. The van der Waals surface area contributed by atoms with Crippen LogP contribution in [0, 0.1) is 0 Å². The molecule has 0 radical (unpaired) electrons. The first-order chi connectivity index (χ1) is 10.2. The van der Waals surface area contributed by atoms with E-state index >= 15 is 0 Å². The van der Waals surface area contributed by atoms with E-state index in [-0.39, 0.29) is 0 Å². The van der Waals surface area contributed by atoms with E-state index < -0.39 is 0 Å². The van der Waals surface area contributed by atoms with Gasteiger partial charge in [0.2, 0.25) is 0 Å². The Morgan fingerprint density at radius 2 is 2.19 bits per heavy atom. The number of likely N-dealkylation sites (tertiary alicyclic amines) is 1. The number of piperidine rings is 1. The molecule has 3 nitrogen and oxygen atoms in total. The van der Waals surface area contributed by atoms with Gasteiger partial charge in [0, 0.05) is 29.9 Å². The van der Waals surface area contributed by atoms with Gasteiger partial charge in [-0.3, -0.25) is 0 Å². The number of rotatable bonds is 4. The summed E-state index contributed by atoms with van der Waals surface area (Å²) in [5.41, 5.74) is 2.14. The molecule has 0 saturated carbocycles. The Balaban J connectivity index is 1.96. The van der Waals surface area contributed by atoms with Crippen molar-refractivity contribution in [2.45, 2.75) is 38.3 Å². The highest BCUT2D eigenvalue weighted by molar-refractivity contribution is 6.31. The van der Waals surface area contributed by atoms with E-state index in [1.165, 1.54) is 31.3 Å². The third-order valence-corrected chi connectivity index (χ3v) is 4.85. The van der Waals surface area contributed by atoms with Crippen LogP contribution < -0.4 is 0 Å². The van der Waals surface area contributed by atoms with Crippen molar-refractivity contribution in [1.29, 1.82) is 0 Å². The van der Waals surface area contributed by atoms with Gasteiger partial charge in [-0.05, 0) is 44.6 Å². The van der Waals surface area contributed by atoms with Gasteiger partial charge in [-0.25, -0.2) is 4.98 Å². The second kappa shape index (κ2) is 6.55. The Labute approximate surface area is 135 Å². The third-order valence-electron chi connectivity index (χ3n) is 4.42. The minimum absolute atomic E-state index is 0.584. The number of aromatic nitrogens is 2. The second-order valence-electron chi connectivity index (χ2n) is 5.84. The van der Waals surface area contributed by atoms with E-state index in [9.17, 15) is 0 Å². The van der Waals surface area contributed by atoms with E-state index in [0.29, 0.717) is 11.9 Å². The van der Waals surface area contributed by atoms with Crippen molar-refractivity contribution in [3.8, 4) is 0 Å². The zero-order chi connectivity index (χ0) is 14.8. The number of likely N-dealkylation sites (N-methyl/N-ethyl adjacent to an activating group) is 1. The van der Waals surface area contributed by atoms with Crippen LogP contribution in [0.4, 0.5) is 0 Å². The zero-order valence-electron chi connectivity index (χ0n) is 12.4. The molecule has 1 atom stereocenters. The lowest BCUT2D eigenvalue weighted by molar-refractivity contribution is 0.167. The van der Waals surface area contributed by atoms with Crippen molar-refractivity contribution >= 4 is 34.2 Å². The molecule has 0 N–H and O–H groups in total. The van der Waals surface area contributed by atoms with Gasteiger partial charge in [0.25, 0.3) is 0 Å². The van der Waals surface area contributed by atoms with Crippen LogP contribution in [0.2, 0.25) is 5.02 Å². The molecule has 1 aliphatic rings. The number of imidazole rings is 1. The highest BCUT2D eigenvalue weighted by Gasteiger charge is 2.21. The van der Waals surface area contributed by atoms with E-state index in [1.807, 2.05) is 12.1 Å². The fraction of sp³-hybridized carbons (Fsp3) is 0.562. The number of alkyl halides is 1. The molecular weight excluding hydrogens is 305 g/mol. The molecule has 21 heavy (non-hydrogen) atoms. The Bertz CT molecular complexity index is 623. The normalized spacial score (nSPS) is 20.2. The summed E-state index contributed by atoms with van der Waals surface area (Å²) in [5, 5.41) is 0.736. The smallest absolute Gasteiger partial charge is 0.111 e. The van der Waals surface area contributed by atoms with Crippen LogP contribution in [0.15, 0.2) is 18.2 Å². The van der Waals surface area contributed by atoms with Crippen molar-refractivity contribution in [3.63, 3.8) is 0 Å². The zero-order valence-corrected chi connectivity index (χ0v) is 13.9. The van der Waals surface area contributed by atoms with Crippen molar-refractivity contribution in [2.75, 3.05) is 19.5 Å². The maximum Gasteiger partial charge on any atom is 0.111 e. The fourth-order valence-electron chi connectivity index (χ4n) is 3.22. The molecule has 0 bridgehead atoms. The van der Waals surface area contributed by atoms with E-state index in [1.54, 1.807) is 0 Å². The first-order valence-corrected chi connectivity index (χ1v) is 8.51. The number of halogens is 2. The molecule has 0 aliphatic carbocycles. The van der Waals surface area contributed by atoms with Gasteiger partial charge in [-0.1, -0.05) is 18.0 Å². The molecule has 1 aromatic carbocycles. The van der Waals surface area contributed by atoms with Gasteiger partial charge in [-0.2, -0.15) is 0 Å². The molecular formula is C16H21Cl2N3. The van der Waals surface area contributed by atoms with E-state index in [2.05, 4.69) is 22.6 Å². The monoisotopic (exact) mass is 325 g/mol. The first kappa shape index (κ1) is 15.1. The molecule has 0 amide bonds. The van der Waals surface area contributed by atoms with E-state index in [4.69, 9.17) is 28.2 Å². The first-order valence-electron chi connectivity index (χ1n) is 7.60. The fourth-order valence-corrected chi connectivity index (χ4v) is 3.55. The third kappa shape index (κ3) is 3.20. The van der Waals surface area contributed by atoms with Gasteiger partial charge < -0.3 is 9.47 Å². The Hall–Kier alpha value is -0.770. The number of fused-ring (bicyclic) bond motifs is 1. The molecule has 2 aromatic rings. The highest BCUT2D eigenvalue weighted by Crippen LogP contribution is 2.24. The quantitative estimate of drug-likeness (QED) is 0.793. The minimum atomic E-state index is 0.584. The van der Waals surface area contributed by atoms with Crippen molar-refractivity contribution in [1.82, 2.24) is 14.5 Å². The predicted octanol–water partition coefficient (Wildman–Crippen LogP) is 3.96. The Morgan fingerprint density at radius 3 is 2.95 bits per heavy atom. The summed E-state index contributed by atoms with van der Waals surface area (Å²) in [6.07, 6.45) is 4.68. The maximum atomic E-state index is 6.09. The Morgan fingerprint density at radius 1 is 1.33 bits per heavy atom. The predicted molar refractivity (Wildman–Crippen MR) is 89.4 cm³/mol. The number of benzene rings is 1. The summed E-state index contributed by atoms with van der Waals surface area (Å²) in [7, 11) is 2.22. The summed E-state index contributed by atoms with van der Waals surface area (Å²) >= 11 is 12.0. The van der Waals surface area contributed by atoms with Crippen LogP contribution in [0.1, 0.15) is 25.1 Å². The molecule has 3 rings (SSSR count). The van der Waals surface area contributed by atoms with Crippen LogP contribution in [0.3, 0.4) is 0 Å². The number of hydrogen-bond donors (Lipinski definition) is 0. The van der Waals surface area contributed by atoms with Gasteiger partial charge in [0.05, 0.1) is 11.0 Å². The topological polar surface area (TPSA) is 21.1 Å². The molecule has 1 aliphatic heterocycles. The summed E-state index contributed by atoms with van der Waals surface area (Å²) < 4.78 is 2.33. The van der Waals surface area contributed by atoms with Crippen LogP contribution in [-0.4, -0.2) is 40.0 Å². The second-order valence-corrected chi connectivity index (χ2v) is 6.66. The molecule has 0 spiro atoms. The van der Waals surface area contributed by atoms with Crippen LogP contribution >= 0.6 is 23.2 Å². The van der Waals surface area contributed by atoms with Crippen LogP contribution in [0.5, 0.6) is 0 Å². The highest BCUT2D eigenvalue weighted by atomic mass is 35.5. The molecule has 114 valence electrons. The minimum Gasteiger partial charge on any atom is -0.326 e. The largest absolute Gasteiger partial charge is 0.326 e. The SMILES string of the molecule is CN1CCCCC1Cn1c(CCCl)nc2cc(Cl)ccc21. The molecule has 1 aromatic heterocycles. The van der Waals surface area contributed by atoms with Crippen molar-refractivity contribution in [2.24, 2.45) is 0 Å². The Kier molecular flexibility index (Phi) is 4.72. The van der Waals surface area contributed by atoms with Gasteiger partial charge >= 0.3 is 0 Å². The van der Waals surface area contributed by atoms with Crippen LogP contribution in [-0.2, 0) is 13.0 Å². The summed E-state index contributed by atoms with van der Waals surface area (Å²) in [5.74, 6) is 1.67. The lowest BCUT2D eigenvalue weighted by Gasteiger charge is -2.33. The van der Waals surface area contributed by atoms with Gasteiger partial charge in [-0.15, -0.1) is 11.6 Å². The summed E-state index contributed by atoms with van der Waals surface area (Å²) in [6.45, 7) is 2.18. The number of nitrogens with zero attached hydrogens (tertiary/aromatic N) is 3. The number of hydrogen-bond acceptors (Lipinski definition) is 2. The van der Waals surface area contributed by atoms with Gasteiger partial charge in [0.1, 0.15) is 5.82 Å². The average Bonchev–Trinajstić information content (AvgIpc) is 2.79. The lowest BCUT2D eigenvalue weighted by Crippen LogP contribution is -2.39. The molecule has 5 heteroatoms. The summed E-state index contributed by atoms with van der Waals surface area (Å²) in [4.78, 5) is 7.20. The maximum absolute atomic E-state index is 6.09. The van der Waals surface area contributed by atoms with Crippen molar-refractivity contribution < 1.29 is 0 Å². The molecule has 1 fully saturated rings. The number of aryl methyl sites for hydroxylation is 1. The van der Waals surface area contributed by atoms with Crippen molar-refractivity contribution in [3.05, 3.63) is 29.0 Å². The van der Waals surface area contributed by atoms with Gasteiger partial charge in [0.15, 0.2) is 0 Å². The lowest BCUT2D eigenvalue weighted by atomic mass is 10.0. The molecule has 1 saturated heterocycles. The molecule has 1 unspecified atom stereocenters. The average molecular weight is 326 g/mol.